The van der Waals surface area contributed by atoms with Gasteiger partial charge in [0.15, 0.2) is 5.78 Å². The lowest BCUT2D eigenvalue weighted by Crippen LogP contribution is -2.05. The lowest BCUT2D eigenvalue weighted by atomic mass is 10.0. The summed E-state index contributed by atoms with van der Waals surface area (Å²) in [5.74, 6) is 1.91. The molecule has 0 spiro atoms. The summed E-state index contributed by atoms with van der Waals surface area (Å²) in [5, 5.41) is 2.22. The number of Topliss-reactive ketones (excluding diaryl/α,β-unsaturated/α-hetero) is 1. The molecule has 0 fully saturated rings. The summed E-state index contributed by atoms with van der Waals surface area (Å²) in [6, 6.07) is 15.8. The number of rotatable bonds is 7. The molecule has 23 heavy (non-hydrogen) atoms. The van der Waals surface area contributed by atoms with Crippen molar-refractivity contribution >= 4 is 28.9 Å². The van der Waals surface area contributed by atoms with Crippen LogP contribution in [-0.4, -0.2) is 5.78 Å². The third kappa shape index (κ3) is 4.36. The van der Waals surface area contributed by atoms with Crippen LogP contribution < -0.4 is 0 Å². The maximum absolute atomic E-state index is 12.6. The van der Waals surface area contributed by atoms with E-state index < -0.39 is 0 Å². The van der Waals surface area contributed by atoms with E-state index >= 15 is 0 Å². The van der Waals surface area contributed by atoms with Crippen molar-refractivity contribution in [3.8, 4) is 0 Å². The van der Waals surface area contributed by atoms with E-state index in [0.29, 0.717) is 6.42 Å². The second-order valence-corrected chi connectivity index (χ2v) is 7.56. The fourth-order valence-electron chi connectivity index (χ4n) is 2.32. The van der Waals surface area contributed by atoms with Crippen molar-refractivity contribution in [2.75, 3.05) is 0 Å². The van der Waals surface area contributed by atoms with Crippen molar-refractivity contribution in [2.45, 2.75) is 24.3 Å². The van der Waals surface area contributed by atoms with Gasteiger partial charge >= 0.3 is 0 Å². The molecule has 0 N–H and O–H groups in total. The largest absolute Gasteiger partial charge is 0.468 e. The molecule has 3 aromatic rings. The van der Waals surface area contributed by atoms with E-state index in [4.69, 9.17) is 4.42 Å². The van der Waals surface area contributed by atoms with Crippen molar-refractivity contribution < 1.29 is 9.21 Å². The molecule has 0 aliphatic rings. The monoisotopic (exact) mass is 342 g/mol. The molecule has 4 heteroatoms. The Morgan fingerprint density at radius 3 is 2.65 bits per heavy atom. The highest BCUT2D eigenvalue weighted by molar-refractivity contribution is 7.98. The summed E-state index contributed by atoms with van der Waals surface area (Å²) >= 11 is 3.46. The Bertz CT molecular complexity index is 728. The molecule has 2 heterocycles. The highest BCUT2D eigenvalue weighted by Crippen LogP contribution is 2.37. The van der Waals surface area contributed by atoms with E-state index in [1.54, 1.807) is 29.4 Å². The van der Waals surface area contributed by atoms with Crippen molar-refractivity contribution in [2.24, 2.45) is 0 Å². The highest BCUT2D eigenvalue weighted by Gasteiger charge is 2.19. The normalized spacial score (nSPS) is 12.2. The summed E-state index contributed by atoms with van der Waals surface area (Å²) in [7, 11) is 0. The number of thiophene rings is 1. The number of ketones is 1. The molecule has 2 aromatic heterocycles. The molecule has 0 radical (unpaired) electrons. The van der Waals surface area contributed by atoms with Crippen LogP contribution in [0.1, 0.15) is 38.2 Å². The standard InChI is InChI=1S/C19H18O2S2/c1-14-6-8-15(9-7-14)17(20)12-19(18-5-3-11-22-18)23-13-16-4-2-10-21-16/h2-11,19H,12-13H2,1H3/t19-/m1/s1. The van der Waals surface area contributed by atoms with Crippen LogP contribution in [0.4, 0.5) is 0 Å². The first-order valence-corrected chi connectivity index (χ1v) is 9.42. The van der Waals surface area contributed by atoms with Gasteiger partial charge in [-0.05, 0) is 30.5 Å². The molecule has 1 atom stereocenters. The van der Waals surface area contributed by atoms with Gasteiger partial charge in [-0.3, -0.25) is 4.79 Å². The SMILES string of the molecule is Cc1ccc(C(=O)C[C@@H](SCc2ccco2)c2cccs2)cc1. The third-order valence-electron chi connectivity index (χ3n) is 3.61. The van der Waals surface area contributed by atoms with Crippen LogP contribution in [0.5, 0.6) is 0 Å². The molecule has 0 saturated heterocycles. The average molecular weight is 342 g/mol. The van der Waals surface area contributed by atoms with Crippen LogP contribution in [0, 0.1) is 6.92 Å². The Balaban J connectivity index is 1.70. The minimum Gasteiger partial charge on any atom is -0.468 e. The second kappa shape index (κ2) is 7.66. The van der Waals surface area contributed by atoms with Gasteiger partial charge in [0.1, 0.15) is 5.76 Å². The van der Waals surface area contributed by atoms with Gasteiger partial charge in [0.05, 0.1) is 12.0 Å². The molecule has 1 aromatic carbocycles. The van der Waals surface area contributed by atoms with Gasteiger partial charge in [0.2, 0.25) is 0 Å². The van der Waals surface area contributed by atoms with Gasteiger partial charge < -0.3 is 4.42 Å². The Morgan fingerprint density at radius 1 is 1.17 bits per heavy atom. The number of furan rings is 1. The Labute approximate surface area is 144 Å². The summed E-state index contributed by atoms with van der Waals surface area (Å²) in [6.07, 6.45) is 2.20. The van der Waals surface area contributed by atoms with E-state index in [9.17, 15) is 4.79 Å². The van der Waals surface area contributed by atoms with Crippen molar-refractivity contribution in [1.29, 1.82) is 0 Å². The van der Waals surface area contributed by atoms with Gasteiger partial charge in [0.25, 0.3) is 0 Å². The number of carbonyl (C=O) groups excluding carboxylic acids is 1. The van der Waals surface area contributed by atoms with E-state index in [-0.39, 0.29) is 11.0 Å². The van der Waals surface area contributed by atoms with E-state index in [1.165, 1.54) is 10.4 Å². The first kappa shape index (κ1) is 16.1. The van der Waals surface area contributed by atoms with Crippen LogP contribution >= 0.6 is 23.1 Å². The predicted molar refractivity (Wildman–Crippen MR) is 97.2 cm³/mol. The molecule has 0 unspecified atom stereocenters. The van der Waals surface area contributed by atoms with E-state index in [1.807, 2.05) is 49.4 Å². The number of carbonyl (C=O) groups is 1. The average Bonchev–Trinajstić information content (AvgIpc) is 3.25. The molecule has 3 rings (SSSR count). The quantitative estimate of drug-likeness (QED) is 0.501. The summed E-state index contributed by atoms with van der Waals surface area (Å²) in [6.45, 7) is 2.03. The van der Waals surface area contributed by atoms with E-state index in [0.717, 1.165) is 17.1 Å². The molecular weight excluding hydrogens is 324 g/mol. The van der Waals surface area contributed by atoms with Gasteiger partial charge in [0, 0.05) is 22.1 Å². The number of hydrogen-bond donors (Lipinski definition) is 0. The number of hydrogen-bond acceptors (Lipinski definition) is 4. The van der Waals surface area contributed by atoms with Crippen molar-refractivity contribution in [3.05, 3.63) is 81.9 Å². The van der Waals surface area contributed by atoms with Gasteiger partial charge in [-0.25, -0.2) is 0 Å². The smallest absolute Gasteiger partial charge is 0.164 e. The van der Waals surface area contributed by atoms with E-state index in [2.05, 4.69) is 11.4 Å². The molecule has 0 saturated carbocycles. The summed E-state index contributed by atoms with van der Waals surface area (Å²) < 4.78 is 5.40. The number of aryl methyl sites for hydroxylation is 1. The van der Waals surface area contributed by atoms with Crippen LogP contribution in [-0.2, 0) is 5.75 Å². The fourth-order valence-corrected chi connectivity index (χ4v) is 4.44. The zero-order valence-corrected chi connectivity index (χ0v) is 14.5. The van der Waals surface area contributed by atoms with Crippen LogP contribution in [0.3, 0.4) is 0 Å². The van der Waals surface area contributed by atoms with Crippen LogP contribution in [0.15, 0.2) is 64.6 Å². The number of benzene rings is 1. The summed E-state index contributed by atoms with van der Waals surface area (Å²) in [5.41, 5.74) is 1.96. The lowest BCUT2D eigenvalue weighted by Gasteiger charge is -2.14. The topological polar surface area (TPSA) is 30.2 Å². The molecule has 118 valence electrons. The van der Waals surface area contributed by atoms with Crippen LogP contribution in [0.25, 0.3) is 0 Å². The molecule has 0 aliphatic heterocycles. The van der Waals surface area contributed by atoms with Gasteiger partial charge in [-0.2, -0.15) is 0 Å². The maximum atomic E-state index is 12.6. The van der Waals surface area contributed by atoms with Gasteiger partial charge in [-0.15, -0.1) is 23.1 Å². The minimum atomic E-state index is 0.161. The Morgan fingerprint density at radius 2 is 2.00 bits per heavy atom. The summed E-state index contributed by atoms with van der Waals surface area (Å²) in [4.78, 5) is 13.8. The zero-order valence-electron chi connectivity index (χ0n) is 12.9. The predicted octanol–water partition coefficient (Wildman–Crippen LogP) is 5.90. The van der Waals surface area contributed by atoms with Crippen molar-refractivity contribution in [3.63, 3.8) is 0 Å². The first-order chi connectivity index (χ1) is 11.2. The third-order valence-corrected chi connectivity index (χ3v) is 6.02. The Hall–Kier alpha value is -1.78. The second-order valence-electron chi connectivity index (χ2n) is 5.39. The molecule has 2 nitrogen and oxygen atoms in total. The van der Waals surface area contributed by atoms with Gasteiger partial charge in [-0.1, -0.05) is 35.9 Å². The first-order valence-electron chi connectivity index (χ1n) is 7.49. The molecular formula is C19H18O2S2. The van der Waals surface area contributed by atoms with Crippen LogP contribution in [0.2, 0.25) is 0 Å². The maximum Gasteiger partial charge on any atom is 0.164 e. The molecule has 0 aliphatic carbocycles. The highest BCUT2D eigenvalue weighted by atomic mass is 32.2. The lowest BCUT2D eigenvalue weighted by molar-refractivity contribution is 0.0982. The minimum absolute atomic E-state index is 0.161. The number of thioether (sulfide) groups is 1. The fraction of sp³-hybridized carbons (Fsp3) is 0.211. The molecule has 0 bridgehead atoms. The Kier molecular flexibility index (Phi) is 5.36. The molecule has 0 amide bonds. The zero-order chi connectivity index (χ0) is 16.1. The van der Waals surface area contributed by atoms with Crippen molar-refractivity contribution in [1.82, 2.24) is 0 Å².